The predicted octanol–water partition coefficient (Wildman–Crippen LogP) is -0.178. The van der Waals surface area contributed by atoms with Crippen LogP contribution in [0.25, 0.3) is 0 Å². The molecule has 1 aromatic heterocycles. The van der Waals surface area contributed by atoms with Crippen LogP contribution in [0.5, 0.6) is 0 Å². The van der Waals surface area contributed by atoms with Gasteiger partial charge in [0.1, 0.15) is 5.69 Å². The third kappa shape index (κ3) is 2.03. The quantitative estimate of drug-likeness (QED) is 0.530. The minimum absolute atomic E-state index is 0.238. The first-order valence-corrected chi connectivity index (χ1v) is 3.60. The molecule has 0 bridgehead atoms. The van der Waals surface area contributed by atoms with Crippen molar-refractivity contribution in [1.82, 2.24) is 9.97 Å². The third-order valence-electron chi connectivity index (χ3n) is 1.13. The van der Waals surface area contributed by atoms with Crippen molar-refractivity contribution < 1.29 is 0 Å². The molecule has 0 aliphatic rings. The van der Waals surface area contributed by atoms with E-state index < -0.39 is 11.2 Å². The number of hydrogen-bond donors (Lipinski definition) is 3. The van der Waals surface area contributed by atoms with Crippen LogP contribution in [0.1, 0.15) is 6.92 Å². The summed E-state index contributed by atoms with van der Waals surface area (Å²) in [6.45, 7) is 1.64. The molecule has 6 heteroatoms. The fourth-order valence-electron chi connectivity index (χ4n) is 0.692. The van der Waals surface area contributed by atoms with E-state index in [0.29, 0.717) is 4.99 Å². The Kier molecular flexibility index (Phi) is 2.39. The monoisotopic (exact) mass is 185 g/mol. The first kappa shape index (κ1) is 8.66. The summed E-state index contributed by atoms with van der Waals surface area (Å²) in [4.78, 5) is 26.4. The summed E-state index contributed by atoms with van der Waals surface area (Å²) < 4.78 is 0. The highest BCUT2D eigenvalue weighted by molar-refractivity contribution is 7.80. The maximum atomic E-state index is 11.0. The van der Waals surface area contributed by atoms with E-state index in [-0.39, 0.29) is 5.69 Å². The number of nitrogens with one attached hydrogen (secondary N) is 3. The molecule has 0 fully saturated rings. The van der Waals surface area contributed by atoms with Gasteiger partial charge in [0.25, 0.3) is 5.56 Å². The van der Waals surface area contributed by atoms with Gasteiger partial charge in [-0.25, -0.2) is 4.79 Å². The van der Waals surface area contributed by atoms with E-state index in [1.807, 2.05) is 0 Å². The molecule has 0 saturated carbocycles. The fourth-order valence-corrected chi connectivity index (χ4v) is 0.802. The van der Waals surface area contributed by atoms with Gasteiger partial charge in [0.05, 0.1) is 4.99 Å². The number of rotatable bonds is 1. The Morgan fingerprint density at radius 3 is 2.75 bits per heavy atom. The second-order valence-corrected chi connectivity index (χ2v) is 2.78. The second-order valence-electron chi connectivity index (χ2n) is 2.17. The van der Waals surface area contributed by atoms with E-state index in [2.05, 4.69) is 15.3 Å². The Bertz CT molecular complexity index is 406. The van der Waals surface area contributed by atoms with Crippen molar-refractivity contribution in [2.75, 3.05) is 5.32 Å². The van der Waals surface area contributed by atoms with Gasteiger partial charge in [-0.15, -0.1) is 0 Å². The smallest absolute Gasteiger partial charge is 0.325 e. The van der Waals surface area contributed by atoms with E-state index in [4.69, 9.17) is 12.2 Å². The first-order chi connectivity index (χ1) is 5.59. The lowest BCUT2D eigenvalue weighted by molar-refractivity contribution is 1.04. The number of aromatic nitrogens is 2. The molecule has 0 spiro atoms. The van der Waals surface area contributed by atoms with Crippen LogP contribution in [0.3, 0.4) is 0 Å². The van der Waals surface area contributed by atoms with Crippen LogP contribution in [-0.4, -0.2) is 15.0 Å². The van der Waals surface area contributed by atoms with Gasteiger partial charge in [0.15, 0.2) is 0 Å². The van der Waals surface area contributed by atoms with Crippen LogP contribution in [0, 0.1) is 0 Å². The zero-order valence-electron chi connectivity index (χ0n) is 6.30. The van der Waals surface area contributed by atoms with Crippen LogP contribution in [0.2, 0.25) is 0 Å². The topological polar surface area (TPSA) is 77.8 Å². The lowest BCUT2D eigenvalue weighted by atomic mass is 10.5. The van der Waals surface area contributed by atoms with Crippen LogP contribution < -0.4 is 16.6 Å². The van der Waals surface area contributed by atoms with E-state index in [1.165, 1.54) is 6.20 Å². The maximum absolute atomic E-state index is 11.0. The number of anilines is 1. The van der Waals surface area contributed by atoms with E-state index in [0.717, 1.165) is 0 Å². The SMILES string of the molecule is CC(=S)Nc1c[nH]c(=O)[nH]c1=O. The molecule has 1 aromatic rings. The highest BCUT2D eigenvalue weighted by Crippen LogP contribution is 1.91. The van der Waals surface area contributed by atoms with Crippen molar-refractivity contribution in [1.29, 1.82) is 0 Å². The molecule has 64 valence electrons. The Labute approximate surface area is 72.8 Å². The van der Waals surface area contributed by atoms with E-state index in [1.54, 1.807) is 6.92 Å². The average molecular weight is 185 g/mol. The van der Waals surface area contributed by atoms with Crippen molar-refractivity contribution in [2.45, 2.75) is 6.92 Å². The summed E-state index contributed by atoms with van der Waals surface area (Å²) in [5, 5.41) is 2.62. The summed E-state index contributed by atoms with van der Waals surface area (Å²) in [6.07, 6.45) is 1.27. The van der Waals surface area contributed by atoms with Gasteiger partial charge in [-0.2, -0.15) is 0 Å². The second kappa shape index (κ2) is 3.31. The Hall–Kier alpha value is -1.43. The Morgan fingerprint density at radius 1 is 1.58 bits per heavy atom. The van der Waals surface area contributed by atoms with Crippen LogP contribution in [0.15, 0.2) is 15.8 Å². The molecule has 0 aromatic carbocycles. The predicted molar refractivity (Wildman–Crippen MR) is 49.6 cm³/mol. The highest BCUT2D eigenvalue weighted by Gasteiger charge is 1.98. The molecule has 5 nitrogen and oxygen atoms in total. The zero-order valence-corrected chi connectivity index (χ0v) is 7.12. The van der Waals surface area contributed by atoms with E-state index >= 15 is 0 Å². The molecule has 3 N–H and O–H groups in total. The molecule has 0 saturated heterocycles. The summed E-state index contributed by atoms with van der Waals surface area (Å²) in [6, 6.07) is 0. The van der Waals surface area contributed by atoms with Crippen molar-refractivity contribution in [2.24, 2.45) is 0 Å². The summed E-state index contributed by atoms with van der Waals surface area (Å²) in [5.74, 6) is 0. The Morgan fingerprint density at radius 2 is 2.25 bits per heavy atom. The number of aromatic amines is 2. The maximum Gasteiger partial charge on any atom is 0.325 e. The molecular formula is C6H7N3O2S. The van der Waals surface area contributed by atoms with Gasteiger partial charge in [-0.1, -0.05) is 12.2 Å². The average Bonchev–Trinajstić information content (AvgIpc) is 1.94. The molecule has 1 heterocycles. The molecule has 0 amide bonds. The molecule has 0 unspecified atom stereocenters. The number of H-pyrrole nitrogens is 2. The lowest BCUT2D eigenvalue weighted by Crippen LogP contribution is -2.25. The summed E-state index contributed by atoms with van der Waals surface area (Å²) in [7, 11) is 0. The summed E-state index contributed by atoms with van der Waals surface area (Å²) in [5.41, 5.74) is -0.780. The zero-order chi connectivity index (χ0) is 9.14. The van der Waals surface area contributed by atoms with Gasteiger partial charge in [0.2, 0.25) is 0 Å². The van der Waals surface area contributed by atoms with Gasteiger partial charge in [-0.05, 0) is 6.92 Å². The molecule has 12 heavy (non-hydrogen) atoms. The van der Waals surface area contributed by atoms with Crippen LogP contribution >= 0.6 is 12.2 Å². The van der Waals surface area contributed by atoms with Crippen molar-refractivity contribution >= 4 is 22.9 Å². The molecule has 0 aliphatic carbocycles. The largest absolute Gasteiger partial charge is 0.345 e. The number of thiocarbonyl (C=S) groups is 1. The lowest BCUT2D eigenvalue weighted by Gasteiger charge is -1.99. The molecule has 0 radical (unpaired) electrons. The standard InChI is InChI=1S/C6H7N3O2S/c1-3(12)8-4-2-7-6(11)9-5(4)10/h2H,1H3,(H,8,12)(H2,7,9,10,11). The Balaban J connectivity index is 3.10. The van der Waals surface area contributed by atoms with Gasteiger partial charge >= 0.3 is 5.69 Å². The van der Waals surface area contributed by atoms with Gasteiger partial charge in [0, 0.05) is 6.20 Å². The molecular weight excluding hydrogens is 178 g/mol. The van der Waals surface area contributed by atoms with Crippen molar-refractivity contribution in [3.8, 4) is 0 Å². The normalized spacial score (nSPS) is 9.42. The molecule has 0 aliphatic heterocycles. The van der Waals surface area contributed by atoms with Crippen LogP contribution in [-0.2, 0) is 0 Å². The number of hydrogen-bond acceptors (Lipinski definition) is 3. The van der Waals surface area contributed by atoms with Gasteiger partial charge in [-0.3, -0.25) is 9.78 Å². The molecule has 0 atom stereocenters. The summed E-state index contributed by atoms with van der Waals surface area (Å²) >= 11 is 4.71. The highest BCUT2D eigenvalue weighted by atomic mass is 32.1. The van der Waals surface area contributed by atoms with Crippen molar-refractivity contribution in [3.63, 3.8) is 0 Å². The van der Waals surface area contributed by atoms with Gasteiger partial charge < -0.3 is 10.3 Å². The minimum atomic E-state index is -0.535. The van der Waals surface area contributed by atoms with Crippen LogP contribution in [0.4, 0.5) is 5.69 Å². The minimum Gasteiger partial charge on any atom is -0.345 e. The fraction of sp³-hybridized carbons (Fsp3) is 0.167. The third-order valence-corrected chi connectivity index (χ3v) is 1.23. The van der Waals surface area contributed by atoms with E-state index in [9.17, 15) is 9.59 Å². The molecule has 1 rings (SSSR count). The van der Waals surface area contributed by atoms with Crippen molar-refractivity contribution in [3.05, 3.63) is 27.0 Å². The first-order valence-electron chi connectivity index (χ1n) is 3.19.